The monoisotopic (exact) mass is 371 g/mol. The van der Waals surface area contributed by atoms with Crippen LogP contribution in [0.15, 0.2) is 17.1 Å². The topological polar surface area (TPSA) is 79.7 Å². The molecule has 0 aromatic carbocycles. The number of carbonyl (C=O) groups excluding carboxylic acids is 1. The lowest BCUT2D eigenvalue weighted by Gasteiger charge is -2.35. The molecule has 1 aromatic rings. The van der Waals surface area contributed by atoms with Crippen LogP contribution >= 0.6 is 12.4 Å². The van der Waals surface area contributed by atoms with Gasteiger partial charge in [0.1, 0.15) is 6.54 Å². The summed E-state index contributed by atoms with van der Waals surface area (Å²) in [6.45, 7) is 8.48. The molecule has 1 N–H and O–H groups in total. The minimum absolute atomic E-state index is 0. The number of hydrogen-bond donors (Lipinski definition) is 1. The summed E-state index contributed by atoms with van der Waals surface area (Å²) in [5, 5.41) is 7.46. The first-order valence-electron chi connectivity index (χ1n) is 8.49. The number of nitrogens with zero attached hydrogens (tertiary/aromatic N) is 4. The SMILES string of the molecule is C[C@@H]1CN(C(=O)Cn2ncc(N3CCNCC3)cc2=O)C[C@H](C)O1.Cl. The zero-order valence-electron chi connectivity index (χ0n) is 14.7. The summed E-state index contributed by atoms with van der Waals surface area (Å²) in [6.07, 6.45) is 1.69. The molecule has 0 spiro atoms. The number of aromatic nitrogens is 2. The van der Waals surface area contributed by atoms with E-state index in [9.17, 15) is 9.59 Å². The quantitative estimate of drug-likeness (QED) is 0.786. The van der Waals surface area contributed by atoms with E-state index in [1.165, 1.54) is 4.68 Å². The number of piperazine rings is 1. The third-order valence-electron chi connectivity index (χ3n) is 4.39. The first kappa shape index (κ1) is 19.7. The largest absolute Gasteiger partial charge is 0.372 e. The molecule has 2 saturated heterocycles. The highest BCUT2D eigenvalue weighted by Gasteiger charge is 2.26. The van der Waals surface area contributed by atoms with Gasteiger partial charge in [0, 0.05) is 45.3 Å². The Bertz CT molecular complexity index is 637. The van der Waals surface area contributed by atoms with Crippen LogP contribution in [0.3, 0.4) is 0 Å². The molecule has 0 unspecified atom stereocenters. The van der Waals surface area contributed by atoms with Crippen molar-refractivity contribution < 1.29 is 9.53 Å². The van der Waals surface area contributed by atoms with Crippen molar-refractivity contribution in [2.75, 3.05) is 44.2 Å². The highest BCUT2D eigenvalue weighted by atomic mass is 35.5. The smallest absolute Gasteiger partial charge is 0.269 e. The number of rotatable bonds is 3. The van der Waals surface area contributed by atoms with Gasteiger partial charge in [-0.1, -0.05) is 0 Å². The zero-order valence-corrected chi connectivity index (χ0v) is 15.5. The van der Waals surface area contributed by atoms with Gasteiger partial charge in [0.25, 0.3) is 5.56 Å². The van der Waals surface area contributed by atoms with Gasteiger partial charge in [0.05, 0.1) is 24.1 Å². The predicted molar refractivity (Wildman–Crippen MR) is 97.4 cm³/mol. The summed E-state index contributed by atoms with van der Waals surface area (Å²) < 4.78 is 6.87. The standard InChI is InChI=1S/C16H25N5O3.ClH/c1-12-9-20(10-13(2)24-12)16(23)11-21-15(22)7-14(8-18-21)19-5-3-17-4-6-19;/h7-8,12-13,17H,3-6,9-11H2,1-2H3;1H/t12-,13+;. The van der Waals surface area contributed by atoms with E-state index < -0.39 is 0 Å². The number of hydrogen-bond acceptors (Lipinski definition) is 6. The molecular formula is C16H26ClN5O3. The van der Waals surface area contributed by atoms with Crippen LogP contribution in [0.5, 0.6) is 0 Å². The molecule has 140 valence electrons. The van der Waals surface area contributed by atoms with Gasteiger partial charge < -0.3 is 19.9 Å². The fraction of sp³-hybridized carbons (Fsp3) is 0.688. The van der Waals surface area contributed by atoms with E-state index in [1.54, 1.807) is 17.2 Å². The van der Waals surface area contributed by atoms with Gasteiger partial charge in [-0.2, -0.15) is 5.10 Å². The average Bonchev–Trinajstić information content (AvgIpc) is 2.56. The Hall–Kier alpha value is -1.64. The van der Waals surface area contributed by atoms with Crippen molar-refractivity contribution in [2.45, 2.75) is 32.6 Å². The second-order valence-electron chi connectivity index (χ2n) is 6.50. The van der Waals surface area contributed by atoms with E-state index in [1.807, 2.05) is 13.8 Å². The molecular weight excluding hydrogens is 346 g/mol. The van der Waals surface area contributed by atoms with Crippen molar-refractivity contribution in [1.82, 2.24) is 20.0 Å². The Labute approximate surface area is 153 Å². The van der Waals surface area contributed by atoms with E-state index in [4.69, 9.17) is 4.74 Å². The number of anilines is 1. The lowest BCUT2D eigenvalue weighted by atomic mass is 10.2. The van der Waals surface area contributed by atoms with Crippen LogP contribution in [0, 0.1) is 0 Å². The molecule has 3 heterocycles. The molecule has 2 atom stereocenters. The number of halogens is 1. The van der Waals surface area contributed by atoms with E-state index in [0.717, 1.165) is 31.9 Å². The molecule has 0 saturated carbocycles. The van der Waals surface area contributed by atoms with Crippen molar-refractivity contribution in [2.24, 2.45) is 0 Å². The van der Waals surface area contributed by atoms with Crippen molar-refractivity contribution in [3.8, 4) is 0 Å². The Kier molecular flexibility index (Phi) is 6.80. The highest BCUT2D eigenvalue weighted by Crippen LogP contribution is 2.12. The van der Waals surface area contributed by atoms with Crippen molar-refractivity contribution in [1.29, 1.82) is 0 Å². The summed E-state index contributed by atoms with van der Waals surface area (Å²) in [6, 6.07) is 1.57. The van der Waals surface area contributed by atoms with Crippen LogP contribution in [0.25, 0.3) is 0 Å². The van der Waals surface area contributed by atoms with E-state index in [2.05, 4.69) is 15.3 Å². The van der Waals surface area contributed by atoms with Gasteiger partial charge in [0.2, 0.25) is 5.91 Å². The number of carbonyl (C=O) groups is 1. The van der Waals surface area contributed by atoms with Crippen LogP contribution in [0.1, 0.15) is 13.8 Å². The van der Waals surface area contributed by atoms with Crippen LogP contribution in [-0.4, -0.2) is 72.1 Å². The molecule has 1 aromatic heterocycles. The molecule has 2 aliphatic heterocycles. The summed E-state index contributed by atoms with van der Waals surface area (Å²) in [7, 11) is 0. The number of amides is 1. The normalized spacial score (nSPS) is 23.9. The molecule has 9 heteroatoms. The second-order valence-corrected chi connectivity index (χ2v) is 6.50. The highest BCUT2D eigenvalue weighted by molar-refractivity contribution is 5.85. The molecule has 3 rings (SSSR count). The van der Waals surface area contributed by atoms with Gasteiger partial charge in [-0.05, 0) is 13.8 Å². The fourth-order valence-corrected chi connectivity index (χ4v) is 3.25. The van der Waals surface area contributed by atoms with Crippen LogP contribution < -0.4 is 15.8 Å². The maximum absolute atomic E-state index is 12.4. The van der Waals surface area contributed by atoms with Crippen LogP contribution in [-0.2, 0) is 16.1 Å². The van der Waals surface area contributed by atoms with Gasteiger partial charge in [-0.3, -0.25) is 9.59 Å². The van der Waals surface area contributed by atoms with Crippen LogP contribution in [0.4, 0.5) is 5.69 Å². The molecule has 0 aliphatic carbocycles. The third-order valence-corrected chi connectivity index (χ3v) is 4.39. The molecule has 1 amide bonds. The molecule has 8 nitrogen and oxygen atoms in total. The Morgan fingerprint density at radius 2 is 1.92 bits per heavy atom. The lowest BCUT2D eigenvalue weighted by Crippen LogP contribution is -2.49. The summed E-state index contributed by atoms with van der Waals surface area (Å²) in [5.74, 6) is -0.0958. The molecule has 25 heavy (non-hydrogen) atoms. The average molecular weight is 372 g/mol. The van der Waals surface area contributed by atoms with Crippen LogP contribution in [0.2, 0.25) is 0 Å². The lowest BCUT2D eigenvalue weighted by molar-refractivity contribution is -0.144. The fourth-order valence-electron chi connectivity index (χ4n) is 3.25. The molecule has 0 bridgehead atoms. The minimum atomic E-state index is -0.242. The molecule has 0 radical (unpaired) electrons. The van der Waals surface area contributed by atoms with Crippen molar-refractivity contribution >= 4 is 24.0 Å². The summed E-state index contributed by atoms with van der Waals surface area (Å²) in [5.41, 5.74) is 0.576. The maximum atomic E-state index is 12.4. The summed E-state index contributed by atoms with van der Waals surface area (Å²) in [4.78, 5) is 28.6. The Morgan fingerprint density at radius 1 is 1.28 bits per heavy atom. The van der Waals surface area contributed by atoms with E-state index >= 15 is 0 Å². The Morgan fingerprint density at radius 3 is 2.52 bits per heavy atom. The van der Waals surface area contributed by atoms with E-state index in [-0.39, 0.29) is 42.6 Å². The first-order chi connectivity index (χ1) is 11.5. The van der Waals surface area contributed by atoms with Gasteiger partial charge >= 0.3 is 0 Å². The van der Waals surface area contributed by atoms with Gasteiger partial charge in [0.15, 0.2) is 0 Å². The zero-order chi connectivity index (χ0) is 17.1. The van der Waals surface area contributed by atoms with Crippen molar-refractivity contribution in [3.05, 3.63) is 22.6 Å². The predicted octanol–water partition coefficient (Wildman–Crippen LogP) is -0.289. The molecule has 2 aliphatic rings. The second kappa shape index (κ2) is 8.64. The first-order valence-corrected chi connectivity index (χ1v) is 8.49. The Balaban J connectivity index is 0.00000225. The summed E-state index contributed by atoms with van der Waals surface area (Å²) >= 11 is 0. The number of ether oxygens (including phenoxy) is 1. The third kappa shape index (κ3) is 4.93. The van der Waals surface area contributed by atoms with E-state index in [0.29, 0.717) is 13.1 Å². The van der Waals surface area contributed by atoms with Gasteiger partial charge in [-0.15, -0.1) is 12.4 Å². The number of morpholine rings is 1. The van der Waals surface area contributed by atoms with Crippen molar-refractivity contribution in [3.63, 3.8) is 0 Å². The minimum Gasteiger partial charge on any atom is -0.372 e. The molecule has 2 fully saturated rings. The maximum Gasteiger partial charge on any atom is 0.269 e. The number of nitrogens with one attached hydrogen (secondary N) is 1. The van der Waals surface area contributed by atoms with Gasteiger partial charge in [-0.25, -0.2) is 4.68 Å².